The van der Waals surface area contributed by atoms with Crippen LogP contribution in [-0.4, -0.2) is 238 Å². The van der Waals surface area contributed by atoms with E-state index in [2.05, 4.69) is 21.3 Å². The fourth-order valence-corrected chi connectivity index (χ4v) is 12.1. The first-order valence-electron chi connectivity index (χ1n) is 35.6. The highest BCUT2D eigenvalue weighted by Crippen LogP contribution is 2.27. The lowest BCUT2D eigenvalue weighted by molar-refractivity contribution is -0.157. The van der Waals surface area contributed by atoms with Gasteiger partial charge in [-0.25, -0.2) is 4.79 Å². The first-order valence-corrected chi connectivity index (χ1v) is 35.6. The number of benzene rings is 2. The molecule has 0 saturated carbocycles. The Balaban J connectivity index is 0.00000179. The molecule has 1 aliphatic rings. The van der Waals surface area contributed by atoms with Crippen LogP contribution in [-0.2, 0) is 52.7 Å². The third-order valence-corrected chi connectivity index (χ3v) is 18.3. The first kappa shape index (κ1) is 89.5. The van der Waals surface area contributed by atoms with Gasteiger partial charge in [0.25, 0.3) is 0 Å². The number of nitrogens with one attached hydrogen (secondary N) is 4. The number of carbonyl (C=O) groups excluding carboxylic acids is 12. The van der Waals surface area contributed by atoms with Crippen molar-refractivity contribution >= 4 is 76.6 Å². The van der Waals surface area contributed by atoms with Gasteiger partial charge in [0.05, 0.1) is 12.6 Å². The monoisotopic (exact) mass is 1430 g/mol. The molecule has 0 aromatic heterocycles. The van der Waals surface area contributed by atoms with Crippen LogP contribution in [0.4, 0.5) is 5.69 Å². The molecule has 3 rings (SSSR count). The number of esters is 1. The van der Waals surface area contributed by atoms with Crippen LogP contribution in [0.5, 0.6) is 11.5 Å². The van der Waals surface area contributed by atoms with Gasteiger partial charge in [-0.05, 0) is 125 Å². The third-order valence-electron chi connectivity index (χ3n) is 18.3. The standard InChI is InChI=1S/C62H111N11O12.C13H11NO3/c1-25-27-28-40(15)52(75)51-56(79)65-43(26-2)58(81)67(18)33-48(74)68(19)44(29-34(3)4)55(78)66-49(38(11)12)61(84)69(20)45(30-35(5)6)54(77)63-41(16)53(76)64-42(17)57(80)70(21)46(31-36(7)8)59(82)71(22)47(32-37(9)10)60(83)72(23)50(39(13)14)62(85)73(51)24;14-9-6-7-11(12(15)8-9)13(16)17-10-4-2-1-3-5-10/h25,27,34-47,49-52,75H,26,28-33H2,1-24H3,(H,63,77)(H,64,76)(H,65,79)(H,66,78);1-8,15H,14H2. The summed E-state index contributed by atoms with van der Waals surface area (Å²) in [4.78, 5) is 180. The van der Waals surface area contributed by atoms with Crippen molar-refractivity contribution in [2.24, 2.45) is 41.4 Å². The second-order valence-electron chi connectivity index (χ2n) is 29.6. The van der Waals surface area contributed by atoms with Gasteiger partial charge in [-0.2, -0.15) is 0 Å². The van der Waals surface area contributed by atoms with E-state index in [4.69, 9.17) is 10.5 Å². The number of carbonyl (C=O) groups is 12. The Hall–Kier alpha value is -8.62. The van der Waals surface area contributed by atoms with Crippen LogP contribution in [0.3, 0.4) is 0 Å². The molecule has 8 N–H and O–H groups in total. The van der Waals surface area contributed by atoms with Crippen molar-refractivity contribution in [3.63, 3.8) is 0 Å². The van der Waals surface area contributed by atoms with Crippen LogP contribution in [0.1, 0.15) is 167 Å². The summed E-state index contributed by atoms with van der Waals surface area (Å²) in [5.74, 6) is -10.1. The molecule has 12 unspecified atom stereocenters. The first-order chi connectivity index (χ1) is 47.4. The molecule has 102 heavy (non-hydrogen) atoms. The van der Waals surface area contributed by atoms with Gasteiger partial charge >= 0.3 is 5.97 Å². The van der Waals surface area contributed by atoms with Crippen molar-refractivity contribution in [2.75, 3.05) is 61.6 Å². The molecule has 1 aliphatic heterocycles. The number of ether oxygens (including phenoxy) is 1. The summed E-state index contributed by atoms with van der Waals surface area (Å²) in [6.45, 7) is 29.3. The summed E-state index contributed by atoms with van der Waals surface area (Å²) in [5.41, 5.74) is 5.94. The molecule has 0 radical (unpaired) electrons. The molecule has 2 aromatic carbocycles. The molecule has 27 heteroatoms. The van der Waals surface area contributed by atoms with Crippen LogP contribution in [0.2, 0.25) is 0 Å². The summed E-state index contributed by atoms with van der Waals surface area (Å²) in [6, 6.07) is 0.582. The number of likely N-dealkylation sites (N-methyl/N-ethyl adjacent to an activating group) is 7. The zero-order valence-corrected chi connectivity index (χ0v) is 65.0. The highest BCUT2D eigenvalue weighted by molar-refractivity contribution is 6.00. The summed E-state index contributed by atoms with van der Waals surface area (Å²) < 4.78 is 5.08. The molecule has 1 fully saturated rings. The highest BCUT2D eigenvalue weighted by atomic mass is 16.5. The summed E-state index contributed by atoms with van der Waals surface area (Å²) >= 11 is 0. The molecule has 0 spiro atoms. The summed E-state index contributed by atoms with van der Waals surface area (Å²) in [5, 5.41) is 32.6. The minimum atomic E-state index is -1.61. The van der Waals surface area contributed by atoms with Crippen molar-refractivity contribution < 1.29 is 72.5 Å². The average Bonchev–Trinajstić information content (AvgIpc) is 0.802. The number of aliphatic hydroxyl groups excluding tert-OH is 1. The predicted molar refractivity (Wildman–Crippen MR) is 392 cm³/mol. The predicted octanol–water partition coefficient (Wildman–Crippen LogP) is 5.46. The molecule has 572 valence electrons. The number of nitrogens with zero attached hydrogens (tertiary/aromatic N) is 7. The van der Waals surface area contributed by atoms with Gasteiger partial charge in [0.1, 0.15) is 77.5 Å². The number of para-hydroxylation sites is 1. The molecule has 2 aromatic rings. The smallest absolute Gasteiger partial charge is 0.347 e. The number of phenols is 1. The molecule has 1 heterocycles. The quantitative estimate of drug-likeness (QED) is 0.0447. The number of aliphatic hydroxyl groups is 1. The van der Waals surface area contributed by atoms with Crippen molar-refractivity contribution in [3.05, 3.63) is 66.2 Å². The van der Waals surface area contributed by atoms with E-state index in [1.54, 1.807) is 78.8 Å². The zero-order chi connectivity index (χ0) is 78.2. The number of aromatic hydroxyl groups is 1. The van der Waals surface area contributed by atoms with E-state index in [1.807, 2.05) is 67.5 Å². The maximum absolute atomic E-state index is 15.1. The molecule has 27 nitrogen and oxygen atoms in total. The van der Waals surface area contributed by atoms with Crippen LogP contribution < -0.4 is 31.7 Å². The number of allylic oxidation sites excluding steroid dienone is 2. The largest absolute Gasteiger partial charge is 0.507 e. The Bertz CT molecular complexity index is 3200. The van der Waals surface area contributed by atoms with Gasteiger partial charge in [0.2, 0.25) is 65.0 Å². The van der Waals surface area contributed by atoms with Gasteiger partial charge in [0.15, 0.2) is 0 Å². The van der Waals surface area contributed by atoms with Crippen LogP contribution in [0, 0.1) is 41.4 Å². The van der Waals surface area contributed by atoms with Crippen molar-refractivity contribution in [3.8, 4) is 11.5 Å². The number of hydrogen-bond donors (Lipinski definition) is 7. The van der Waals surface area contributed by atoms with E-state index in [0.717, 1.165) is 9.80 Å². The van der Waals surface area contributed by atoms with Crippen LogP contribution in [0.15, 0.2) is 60.7 Å². The highest BCUT2D eigenvalue weighted by Gasteiger charge is 2.46. The minimum Gasteiger partial charge on any atom is -0.507 e. The minimum absolute atomic E-state index is 0.0229. The van der Waals surface area contributed by atoms with E-state index in [1.165, 1.54) is 106 Å². The number of phenolic OH excluding ortho intramolecular Hbond substituents is 1. The SMILES string of the molecule is CC=CCC(C)C(O)C1C(=O)NC(CC)C(=O)N(C)CC(=O)N(C)C(CC(C)C)C(=O)NC(C(C)C)C(=O)N(C)C(CC(C)C)C(=O)NC(C)C(=O)NC(C)C(=O)N(C)C(CC(C)C)C(=O)N(C)C(CC(C)C)C(=O)N(C)C(C(C)C)C(=O)N1C.Nc1ccc(C(=O)Oc2ccccc2)c(O)c1. The lowest BCUT2D eigenvalue weighted by atomic mass is 9.91. The van der Waals surface area contributed by atoms with Gasteiger partial charge in [0, 0.05) is 61.1 Å². The van der Waals surface area contributed by atoms with Crippen molar-refractivity contribution in [1.82, 2.24) is 55.6 Å². The number of amides is 11. The van der Waals surface area contributed by atoms with E-state index in [0.29, 0.717) is 17.9 Å². The van der Waals surface area contributed by atoms with Gasteiger partial charge in [-0.15, -0.1) is 0 Å². The van der Waals surface area contributed by atoms with Crippen LogP contribution in [0.25, 0.3) is 0 Å². The summed E-state index contributed by atoms with van der Waals surface area (Å²) in [7, 11) is 9.92. The Morgan fingerprint density at radius 1 is 0.539 bits per heavy atom. The van der Waals surface area contributed by atoms with Gasteiger partial charge in [-0.1, -0.05) is 127 Å². The maximum Gasteiger partial charge on any atom is 0.347 e. The Kier molecular flexibility index (Phi) is 36.4. The maximum atomic E-state index is 15.1. The fourth-order valence-electron chi connectivity index (χ4n) is 12.1. The third kappa shape index (κ3) is 25.7. The number of hydrogen-bond acceptors (Lipinski definition) is 16. The second kappa shape index (κ2) is 41.5. The average molecular weight is 1430 g/mol. The van der Waals surface area contributed by atoms with E-state index >= 15 is 9.59 Å². The fraction of sp³-hybridized carbons (Fsp3) is 0.653. The number of rotatable bonds is 17. The second-order valence-corrected chi connectivity index (χ2v) is 29.6. The molecular weight excluding hydrogens is 1310 g/mol. The Morgan fingerprint density at radius 3 is 1.48 bits per heavy atom. The normalized spacial score (nSPS) is 24.1. The van der Waals surface area contributed by atoms with E-state index < -0.39 is 162 Å². The van der Waals surface area contributed by atoms with Gasteiger partial charge < -0.3 is 76.3 Å². The Morgan fingerprint density at radius 2 is 1.00 bits per heavy atom. The van der Waals surface area contributed by atoms with E-state index in [-0.39, 0.29) is 67.1 Å². The van der Waals surface area contributed by atoms with Crippen molar-refractivity contribution in [1.29, 1.82) is 0 Å². The number of nitrogens with two attached hydrogens (primary N) is 1. The Labute approximate surface area is 605 Å². The molecule has 0 bridgehead atoms. The molecule has 12 atom stereocenters. The molecule has 11 amide bonds. The van der Waals surface area contributed by atoms with E-state index in [9.17, 15) is 58.2 Å². The van der Waals surface area contributed by atoms with Crippen LogP contribution >= 0.6 is 0 Å². The zero-order valence-electron chi connectivity index (χ0n) is 65.0. The van der Waals surface area contributed by atoms with Gasteiger partial charge in [-0.3, -0.25) is 52.7 Å². The molecule has 0 aliphatic carbocycles. The topological polar surface area (TPSA) is 351 Å². The lowest BCUT2D eigenvalue weighted by Gasteiger charge is -2.41. The number of anilines is 1. The number of nitrogen functional groups attached to an aromatic ring is 1. The van der Waals surface area contributed by atoms with Crippen molar-refractivity contribution in [2.45, 2.75) is 223 Å². The lowest BCUT2D eigenvalue weighted by Crippen LogP contribution is -2.63. The molecular formula is C75H122N12O15. The summed E-state index contributed by atoms with van der Waals surface area (Å²) in [6.07, 6.45) is 3.04. The molecule has 1 saturated heterocycles.